The number of benzene rings is 1. The van der Waals surface area contributed by atoms with E-state index in [2.05, 4.69) is 46.8 Å². The Kier molecular flexibility index (Phi) is 3.79. The molecule has 1 aliphatic heterocycles. The molecule has 0 bridgehead atoms. The molecule has 3 aromatic rings. The summed E-state index contributed by atoms with van der Waals surface area (Å²) in [7, 11) is 2.05. The van der Waals surface area contributed by atoms with E-state index in [1.165, 1.54) is 12.8 Å². The van der Waals surface area contributed by atoms with E-state index in [1.807, 2.05) is 18.2 Å². The summed E-state index contributed by atoms with van der Waals surface area (Å²) < 4.78 is 4.47. The van der Waals surface area contributed by atoms with Crippen LogP contribution in [0.15, 0.2) is 31.4 Å². The van der Waals surface area contributed by atoms with E-state index < -0.39 is 0 Å². The molecule has 5 rings (SSSR count). The summed E-state index contributed by atoms with van der Waals surface area (Å²) in [6, 6.07) is 6.21. The van der Waals surface area contributed by atoms with Crippen LogP contribution in [0.1, 0.15) is 40.0 Å². The second-order valence-corrected chi connectivity index (χ2v) is 7.83. The fourth-order valence-electron chi connectivity index (χ4n) is 4.25. The van der Waals surface area contributed by atoms with Gasteiger partial charge in [0.1, 0.15) is 0 Å². The maximum absolute atomic E-state index is 12.2. The van der Waals surface area contributed by atoms with Gasteiger partial charge < -0.3 is 14.5 Å². The highest BCUT2D eigenvalue weighted by Gasteiger charge is 2.27. The van der Waals surface area contributed by atoms with Gasteiger partial charge in [-0.1, -0.05) is 19.2 Å². The molecule has 0 spiro atoms. The van der Waals surface area contributed by atoms with Gasteiger partial charge in [0.2, 0.25) is 0 Å². The van der Waals surface area contributed by atoms with Gasteiger partial charge in [-0.05, 0) is 60.6 Å². The lowest BCUT2D eigenvalue weighted by molar-refractivity contribution is 0.0946. The highest BCUT2D eigenvalue weighted by molar-refractivity contribution is 6.00. The maximum atomic E-state index is 12.2. The number of fused-ring (bicyclic) bond motifs is 2. The average molecular weight is 372 g/mol. The minimum absolute atomic E-state index is 0.00431. The van der Waals surface area contributed by atoms with Crippen molar-refractivity contribution in [1.82, 2.24) is 19.4 Å². The summed E-state index contributed by atoms with van der Waals surface area (Å²) in [5.74, 6) is 1.64. The van der Waals surface area contributed by atoms with Gasteiger partial charge in [-0.2, -0.15) is 0 Å². The second kappa shape index (κ2) is 6.23. The Bertz CT molecular complexity index is 1140. The van der Waals surface area contributed by atoms with Gasteiger partial charge in [0, 0.05) is 31.4 Å². The minimum Gasteiger partial charge on any atom is -0.352 e. The van der Waals surface area contributed by atoms with Crippen LogP contribution in [-0.2, 0) is 20.0 Å². The summed E-state index contributed by atoms with van der Waals surface area (Å²) in [6.07, 6.45) is 7.21. The van der Waals surface area contributed by atoms with E-state index in [-0.39, 0.29) is 5.91 Å². The Labute approximate surface area is 164 Å². The number of imidazole rings is 1. The molecule has 1 N–H and O–H groups in total. The number of rotatable bonds is 5. The van der Waals surface area contributed by atoms with Crippen molar-refractivity contribution in [2.75, 3.05) is 6.54 Å². The molecule has 1 aliphatic carbocycles. The number of aromatic nitrogens is 3. The number of aryl methyl sites for hydroxylation is 1. The maximum Gasteiger partial charge on any atom is 0.251 e. The summed E-state index contributed by atoms with van der Waals surface area (Å²) in [5.41, 5.74) is 7.01. The number of nitrogens with one attached hydrogen (secondary N) is 1. The number of hydrogen-bond donors (Lipinski definition) is 1. The van der Waals surface area contributed by atoms with Crippen LogP contribution in [-0.4, -0.2) is 26.6 Å². The number of nitrogens with zero attached hydrogens (tertiary/aromatic N) is 3. The van der Waals surface area contributed by atoms with Gasteiger partial charge in [-0.3, -0.25) is 4.79 Å². The molecule has 1 fully saturated rings. The molecule has 0 unspecified atom stereocenters. The Morgan fingerprint density at radius 1 is 1.25 bits per heavy atom. The Morgan fingerprint density at radius 3 is 2.79 bits per heavy atom. The smallest absolute Gasteiger partial charge is 0.251 e. The summed E-state index contributed by atoms with van der Waals surface area (Å²) in [4.78, 5) is 17.2. The lowest BCUT2D eigenvalue weighted by Crippen LogP contribution is -2.31. The first-order valence-corrected chi connectivity index (χ1v) is 9.87. The monoisotopic (exact) mass is 372 g/mol. The molecule has 5 heteroatoms. The molecule has 5 nitrogen and oxygen atoms in total. The van der Waals surface area contributed by atoms with Crippen molar-refractivity contribution in [3.8, 4) is 11.5 Å². The van der Waals surface area contributed by atoms with Crippen molar-refractivity contribution >= 4 is 29.1 Å². The first kappa shape index (κ1) is 17.0. The lowest BCUT2D eigenvalue weighted by Gasteiger charge is -2.16. The number of amides is 1. The highest BCUT2D eigenvalue weighted by Crippen LogP contribution is 2.36. The van der Waals surface area contributed by atoms with Crippen LogP contribution in [0.4, 0.5) is 0 Å². The fraction of sp³-hybridized carbons (Fsp3) is 0.304. The predicted molar refractivity (Wildman–Crippen MR) is 113 cm³/mol. The minimum atomic E-state index is -0.00431. The Morgan fingerprint density at radius 2 is 2.07 bits per heavy atom. The third kappa shape index (κ3) is 2.53. The molecule has 0 saturated heterocycles. The summed E-state index contributed by atoms with van der Waals surface area (Å²) in [6.45, 7) is 9.67. The van der Waals surface area contributed by atoms with E-state index in [1.54, 1.807) is 0 Å². The van der Waals surface area contributed by atoms with Crippen LogP contribution in [0.2, 0.25) is 0 Å². The zero-order valence-corrected chi connectivity index (χ0v) is 16.2. The van der Waals surface area contributed by atoms with E-state index in [9.17, 15) is 4.79 Å². The van der Waals surface area contributed by atoms with Gasteiger partial charge in [0.05, 0.1) is 16.7 Å². The molecule has 1 saturated carbocycles. The fourth-order valence-corrected chi connectivity index (χ4v) is 4.25. The van der Waals surface area contributed by atoms with Crippen molar-refractivity contribution in [1.29, 1.82) is 0 Å². The van der Waals surface area contributed by atoms with E-state index in [0.29, 0.717) is 6.54 Å². The number of carbonyl (C=O) groups is 1. The summed E-state index contributed by atoms with van der Waals surface area (Å²) in [5, 5.41) is 2.92. The molecule has 0 atom stereocenters. The van der Waals surface area contributed by atoms with Crippen molar-refractivity contribution in [3.63, 3.8) is 0 Å². The van der Waals surface area contributed by atoms with Crippen LogP contribution in [0, 0.1) is 5.92 Å². The molecule has 2 aromatic heterocycles. The number of carbonyl (C=O) groups excluding carboxylic acids is 1. The molecule has 1 amide bonds. The standard InChI is InChI=1S/C23H24N4O/c1-4-15-10-21(27(19(15)5-2)13-14-6-7-14)22-25-18-12-17-16(8-9-24-23(17)28)11-20(18)26(22)3/h4-5,10-12,14H,1-2,6-9,13H2,3H3,(H,24,28). The summed E-state index contributed by atoms with van der Waals surface area (Å²) >= 11 is 0. The normalized spacial score (nSPS) is 16.1. The Balaban J connectivity index is 1.72. The SMILES string of the molecule is C=Cc1cc(-c2nc3cc4c(cc3n2C)CCNC4=O)n(CC2CC2)c1C=C. The zero-order valence-electron chi connectivity index (χ0n) is 16.2. The first-order valence-electron chi connectivity index (χ1n) is 9.87. The zero-order chi connectivity index (χ0) is 19.4. The van der Waals surface area contributed by atoms with Crippen LogP contribution in [0.25, 0.3) is 34.7 Å². The predicted octanol–water partition coefficient (Wildman–Crippen LogP) is 4.02. The van der Waals surface area contributed by atoms with Gasteiger partial charge in [0.25, 0.3) is 5.91 Å². The highest BCUT2D eigenvalue weighted by atomic mass is 16.1. The van der Waals surface area contributed by atoms with Gasteiger partial charge in [-0.25, -0.2) is 4.98 Å². The average Bonchev–Trinajstić information content (AvgIpc) is 3.37. The van der Waals surface area contributed by atoms with Gasteiger partial charge in [-0.15, -0.1) is 0 Å². The van der Waals surface area contributed by atoms with Gasteiger partial charge in [0.15, 0.2) is 5.82 Å². The van der Waals surface area contributed by atoms with Crippen LogP contribution < -0.4 is 5.32 Å². The quantitative estimate of drug-likeness (QED) is 0.735. The third-order valence-corrected chi connectivity index (χ3v) is 5.98. The van der Waals surface area contributed by atoms with Crippen molar-refractivity contribution in [2.45, 2.75) is 25.8 Å². The van der Waals surface area contributed by atoms with Crippen LogP contribution in [0.5, 0.6) is 0 Å². The largest absolute Gasteiger partial charge is 0.352 e. The van der Waals surface area contributed by atoms with E-state index in [0.717, 1.165) is 63.8 Å². The second-order valence-electron chi connectivity index (χ2n) is 7.83. The van der Waals surface area contributed by atoms with Crippen LogP contribution >= 0.6 is 0 Å². The molecular formula is C23H24N4O. The molecule has 142 valence electrons. The van der Waals surface area contributed by atoms with E-state index >= 15 is 0 Å². The molecule has 0 radical (unpaired) electrons. The van der Waals surface area contributed by atoms with E-state index in [4.69, 9.17) is 4.98 Å². The van der Waals surface area contributed by atoms with Crippen molar-refractivity contribution < 1.29 is 4.79 Å². The van der Waals surface area contributed by atoms with Gasteiger partial charge >= 0.3 is 0 Å². The molecule has 3 heterocycles. The topological polar surface area (TPSA) is 51.9 Å². The molecule has 2 aliphatic rings. The molecule has 28 heavy (non-hydrogen) atoms. The first-order chi connectivity index (χ1) is 13.6. The lowest BCUT2D eigenvalue weighted by atomic mass is 9.99. The number of hydrogen-bond acceptors (Lipinski definition) is 2. The molecule has 1 aromatic carbocycles. The molecular weight excluding hydrogens is 348 g/mol. The third-order valence-electron chi connectivity index (χ3n) is 5.98. The van der Waals surface area contributed by atoms with Crippen LogP contribution in [0.3, 0.4) is 0 Å². The van der Waals surface area contributed by atoms with Crippen molar-refractivity contribution in [3.05, 3.63) is 53.7 Å². The van der Waals surface area contributed by atoms with Crippen molar-refractivity contribution in [2.24, 2.45) is 13.0 Å². The Hall–Kier alpha value is -3.08.